The zero-order chi connectivity index (χ0) is 18.4. The number of hydrogen-bond donors (Lipinski definition) is 1. The van der Waals surface area contributed by atoms with E-state index in [1.54, 1.807) is 6.07 Å². The van der Waals surface area contributed by atoms with Crippen molar-refractivity contribution in [1.82, 2.24) is 9.80 Å². The molecule has 2 aromatic carbocycles. The molecule has 6 heteroatoms. The first-order valence-corrected chi connectivity index (χ1v) is 9.60. The first kappa shape index (κ1) is 19.5. The Bertz CT molecular complexity index is 706. The highest BCUT2D eigenvalue weighted by atomic mass is 35.5. The summed E-state index contributed by atoms with van der Waals surface area (Å²) in [5.41, 5.74) is 1.24. The summed E-state index contributed by atoms with van der Waals surface area (Å²) >= 11 is 12.1. The van der Waals surface area contributed by atoms with Crippen molar-refractivity contribution in [2.24, 2.45) is 0 Å². The largest absolute Gasteiger partial charge is 0.489 e. The molecule has 1 heterocycles. The summed E-state index contributed by atoms with van der Waals surface area (Å²) in [7, 11) is 0. The molecule has 26 heavy (non-hydrogen) atoms. The van der Waals surface area contributed by atoms with Gasteiger partial charge in [0.25, 0.3) is 0 Å². The smallest absolute Gasteiger partial charge is 0.138 e. The van der Waals surface area contributed by atoms with Crippen LogP contribution in [0, 0.1) is 0 Å². The molecule has 0 amide bonds. The minimum Gasteiger partial charge on any atom is -0.489 e. The Labute approximate surface area is 164 Å². The van der Waals surface area contributed by atoms with Crippen LogP contribution in [-0.4, -0.2) is 60.3 Å². The van der Waals surface area contributed by atoms with Crippen molar-refractivity contribution in [3.05, 3.63) is 64.1 Å². The van der Waals surface area contributed by atoms with Crippen LogP contribution in [0.4, 0.5) is 0 Å². The van der Waals surface area contributed by atoms with Gasteiger partial charge in [0.15, 0.2) is 0 Å². The third-order valence-corrected chi connectivity index (χ3v) is 5.04. The summed E-state index contributed by atoms with van der Waals surface area (Å²) in [6.45, 7) is 5.58. The summed E-state index contributed by atoms with van der Waals surface area (Å²) in [5.74, 6) is 0.611. The van der Waals surface area contributed by atoms with Gasteiger partial charge >= 0.3 is 0 Å². The van der Waals surface area contributed by atoms with Crippen LogP contribution in [0.2, 0.25) is 10.0 Å². The summed E-state index contributed by atoms with van der Waals surface area (Å²) < 4.78 is 5.62. The molecule has 2 aromatic rings. The number of para-hydroxylation sites is 1. The number of aliphatic hydroxyl groups excluding tert-OH is 1. The molecule has 1 aliphatic rings. The lowest BCUT2D eigenvalue weighted by Gasteiger charge is -2.35. The average Bonchev–Trinajstić information content (AvgIpc) is 2.63. The van der Waals surface area contributed by atoms with Gasteiger partial charge in [0.2, 0.25) is 0 Å². The summed E-state index contributed by atoms with van der Waals surface area (Å²) in [6, 6.07) is 15.3. The van der Waals surface area contributed by atoms with Crippen molar-refractivity contribution in [3.63, 3.8) is 0 Å². The maximum atomic E-state index is 10.2. The molecule has 1 unspecified atom stereocenters. The van der Waals surface area contributed by atoms with Crippen LogP contribution in [0.15, 0.2) is 48.5 Å². The van der Waals surface area contributed by atoms with Crippen LogP contribution in [0.25, 0.3) is 0 Å². The van der Waals surface area contributed by atoms with Crippen LogP contribution >= 0.6 is 23.2 Å². The number of rotatable bonds is 7. The molecule has 1 atom stereocenters. The van der Waals surface area contributed by atoms with Crippen LogP contribution in [-0.2, 0) is 6.54 Å². The van der Waals surface area contributed by atoms with E-state index in [4.69, 9.17) is 27.9 Å². The lowest BCUT2D eigenvalue weighted by atomic mass is 10.2. The quantitative estimate of drug-likeness (QED) is 0.778. The topological polar surface area (TPSA) is 35.9 Å². The van der Waals surface area contributed by atoms with Crippen LogP contribution in [0.3, 0.4) is 0 Å². The molecule has 0 radical (unpaired) electrons. The third-order valence-electron chi connectivity index (χ3n) is 4.50. The van der Waals surface area contributed by atoms with Gasteiger partial charge in [0.05, 0.1) is 5.02 Å². The Morgan fingerprint density at radius 2 is 1.69 bits per heavy atom. The van der Waals surface area contributed by atoms with E-state index in [2.05, 4.69) is 15.9 Å². The molecule has 1 aliphatic heterocycles. The Morgan fingerprint density at radius 3 is 2.42 bits per heavy atom. The maximum absolute atomic E-state index is 10.2. The van der Waals surface area contributed by atoms with E-state index in [1.165, 1.54) is 5.56 Å². The minimum absolute atomic E-state index is 0.243. The van der Waals surface area contributed by atoms with E-state index in [-0.39, 0.29) is 6.61 Å². The highest BCUT2D eigenvalue weighted by molar-refractivity contribution is 6.32. The van der Waals surface area contributed by atoms with E-state index >= 15 is 0 Å². The lowest BCUT2D eigenvalue weighted by molar-refractivity contribution is 0.0446. The van der Waals surface area contributed by atoms with Gasteiger partial charge in [0, 0.05) is 44.3 Å². The summed E-state index contributed by atoms with van der Waals surface area (Å²) in [5, 5.41) is 11.6. The van der Waals surface area contributed by atoms with Crippen molar-refractivity contribution in [2.75, 3.05) is 39.3 Å². The van der Waals surface area contributed by atoms with E-state index < -0.39 is 6.10 Å². The second-order valence-corrected chi connectivity index (χ2v) is 7.45. The fraction of sp³-hybridized carbons (Fsp3) is 0.400. The zero-order valence-electron chi connectivity index (χ0n) is 14.7. The van der Waals surface area contributed by atoms with Gasteiger partial charge in [-0.15, -0.1) is 0 Å². The highest BCUT2D eigenvalue weighted by Crippen LogP contribution is 2.23. The summed E-state index contributed by atoms with van der Waals surface area (Å²) in [6.07, 6.45) is -0.536. The number of aliphatic hydroxyl groups is 1. The standard InChI is InChI=1S/C20H24Cl2N2O2/c21-17-5-3-4-16(12-17)13-23-8-10-24(11-9-23)14-18(25)15-26-20-7-2-1-6-19(20)22/h1-7,12,18,25H,8-11,13-15H2. The zero-order valence-corrected chi connectivity index (χ0v) is 16.2. The second kappa shape index (κ2) is 9.58. The number of nitrogens with zero attached hydrogens (tertiary/aromatic N) is 2. The van der Waals surface area contributed by atoms with Gasteiger partial charge in [-0.2, -0.15) is 0 Å². The maximum Gasteiger partial charge on any atom is 0.138 e. The van der Waals surface area contributed by atoms with Gasteiger partial charge in [-0.05, 0) is 29.8 Å². The van der Waals surface area contributed by atoms with Crippen molar-refractivity contribution in [3.8, 4) is 5.75 Å². The Morgan fingerprint density at radius 1 is 0.962 bits per heavy atom. The highest BCUT2D eigenvalue weighted by Gasteiger charge is 2.19. The van der Waals surface area contributed by atoms with Gasteiger partial charge in [0.1, 0.15) is 18.5 Å². The molecule has 0 aromatic heterocycles. The molecule has 1 N–H and O–H groups in total. The first-order valence-electron chi connectivity index (χ1n) is 8.85. The van der Waals surface area contributed by atoms with Gasteiger partial charge in [-0.3, -0.25) is 9.80 Å². The van der Waals surface area contributed by atoms with Crippen LogP contribution < -0.4 is 4.74 Å². The Kier molecular flexibility index (Phi) is 7.17. The van der Waals surface area contributed by atoms with E-state index in [0.717, 1.165) is 37.7 Å². The lowest BCUT2D eigenvalue weighted by Crippen LogP contribution is -2.48. The molecule has 4 nitrogen and oxygen atoms in total. The second-order valence-electron chi connectivity index (χ2n) is 6.60. The van der Waals surface area contributed by atoms with E-state index in [1.807, 2.05) is 36.4 Å². The summed E-state index contributed by atoms with van der Waals surface area (Å²) in [4.78, 5) is 4.68. The predicted octanol–water partition coefficient (Wildman–Crippen LogP) is 3.55. The number of β-amino-alcohol motifs (C(OH)–C–C–N with tert-alkyl or cyclic N) is 1. The van der Waals surface area contributed by atoms with E-state index in [9.17, 15) is 5.11 Å². The minimum atomic E-state index is -0.536. The predicted molar refractivity (Wildman–Crippen MR) is 106 cm³/mol. The molecule has 0 spiro atoms. The molecule has 0 bridgehead atoms. The van der Waals surface area contributed by atoms with Crippen molar-refractivity contribution in [2.45, 2.75) is 12.6 Å². The number of ether oxygens (including phenoxy) is 1. The normalized spacial score (nSPS) is 17.2. The van der Waals surface area contributed by atoms with Crippen molar-refractivity contribution >= 4 is 23.2 Å². The molecule has 1 saturated heterocycles. The fourth-order valence-corrected chi connectivity index (χ4v) is 3.53. The fourth-order valence-electron chi connectivity index (χ4n) is 3.12. The van der Waals surface area contributed by atoms with Gasteiger partial charge in [-0.25, -0.2) is 0 Å². The molecule has 0 aliphatic carbocycles. The van der Waals surface area contributed by atoms with Gasteiger partial charge in [-0.1, -0.05) is 47.5 Å². The number of hydrogen-bond acceptors (Lipinski definition) is 4. The third kappa shape index (κ3) is 5.86. The Balaban J connectivity index is 1.38. The molecular weight excluding hydrogens is 371 g/mol. The molecule has 0 saturated carbocycles. The number of halogens is 2. The SMILES string of the molecule is OC(COc1ccccc1Cl)CN1CCN(Cc2cccc(Cl)c2)CC1. The number of piperazine rings is 1. The first-order chi connectivity index (χ1) is 12.6. The molecular formula is C20H24Cl2N2O2. The molecule has 1 fully saturated rings. The van der Waals surface area contributed by atoms with Crippen LogP contribution in [0.5, 0.6) is 5.75 Å². The van der Waals surface area contributed by atoms with Crippen LogP contribution in [0.1, 0.15) is 5.56 Å². The molecule has 3 rings (SSSR count). The molecule has 140 valence electrons. The van der Waals surface area contributed by atoms with E-state index in [0.29, 0.717) is 17.3 Å². The van der Waals surface area contributed by atoms with Crippen molar-refractivity contribution < 1.29 is 9.84 Å². The van der Waals surface area contributed by atoms with Crippen molar-refractivity contribution in [1.29, 1.82) is 0 Å². The average molecular weight is 395 g/mol. The van der Waals surface area contributed by atoms with Gasteiger partial charge < -0.3 is 9.84 Å². The number of benzene rings is 2. The Hall–Kier alpha value is -1.30. The monoisotopic (exact) mass is 394 g/mol.